The number of aryl methyl sites for hydroxylation is 1. The van der Waals surface area contributed by atoms with E-state index in [1.807, 2.05) is 19.1 Å². The van der Waals surface area contributed by atoms with Crippen LogP contribution in [0.25, 0.3) is 10.2 Å². The summed E-state index contributed by atoms with van der Waals surface area (Å²) in [7, 11) is -3.64. The first-order valence-corrected chi connectivity index (χ1v) is 15.3. The van der Waals surface area contributed by atoms with E-state index in [0.29, 0.717) is 48.6 Å². The number of halogens is 2. The highest BCUT2D eigenvalue weighted by molar-refractivity contribution is 7.89. The number of amides is 1. The van der Waals surface area contributed by atoms with Gasteiger partial charge in [-0.2, -0.15) is 4.31 Å². The van der Waals surface area contributed by atoms with E-state index in [2.05, 4.69) is 4.90 Å². The molecular formula is C26H32Cl2N4O5S2. The van der Waals surface area contributed by atoms with Crippen LogP contribution in [0.3, 0.4) is 0 Å². The van der Waals surface area contributed by atoms with Gasteiger partial charge >= 0.3 is 0 Å². The molecule has 2 fully saturated rings. The van der Waals surface area contributed by atoms with Gasteiger partial charge in [0.05, 0.1) is 41.5 Å². The first kappa shape index (κ1) is 30.1. The summed E-state index contributed by atoms with van der Waals surface area (Å²) in [6, 6.07) is 9.95. The molecule has 13 heteroatoms. The number of anilines is 1. The Morgan fingerprint density at radius 3 is 2.33 bits per heavy atom. The van der Waals surface area contributed by atoms with Crippen LogP contribution in [0.1, 0.15) is 22.3 Å². The van der Waals surface area contributed by atoms with Crippen molar-refractivity contribution in [1.29, 1.82) is 0 Å². The molecule has 9 nitrogen and oxygen atoms in total. The standard InChI is InChI=1S/C26H31ClN4O5S2.ClH/c1-19-22(27)7-8-23-24(19)28-26(37-23)31(10-2-9-29-11-15-35-16-12-29)25(32)20-3-5-21(6-4-20)38(33,34)30-13-17-36-18-14-30;/h3-8H,2,9-18H2,1H3;1H. The zero-order chi connectivity index (χ0) is 26.7. The van der Waals surface area contributed by atoms with Crippen LogP contribution in [0.5, 0.6) is 0 Å². The van der Waals surface area contributed by atoms with Crippen LogP contribution in [0, 0.1) is 6.92 Å². The Kier molecular flexibility index (Phi) is 10.2. The Balaban J connectivity index is 0.00000353. The predicted octanol–water partition coefficient (Wildman–Crippen LogP) is 4.07. The minimum atomic E-state index is -3.64. The van der Waals surface area contributed by atoms with Gasteiger partial charge in [0.1, 0.15) is 0 Å². The zero-order valence-corrected chi connectivity index (χ0v) is 24.9. The highest BCUT2D eigenvalue weighted by Gasteiger charge is 2.27. The number of ether oxygens (including phenoxy) is 2. The fraction of sp³-hybridized carbons (Fsp3) is 0.462. The zero-order valence-electron chi connectivity index (χ0n) is 21.7. The summed E-state index contributed by atoms with van der Waals surface area (Å²) >= 11 is 7.77. The monoisotopic (exact) mass is 614 g/mol. The third-order valence-electron chi connectivity index (χ3n) is 6.88. The number of fused-ring (bicyclic) bond motifs is 1. The number of sulfonamides is 1. The lowest BCUT2D eigenvalue weighted by atomic mass is 10.2. The molecule has 1 amide bonds. The van der Waals surface area contributed by atoms with Crippen molar-refractivity contribution in [1.82, 2.24) is 14.2 Å². The van der Waals surface area contributed by atoms with E-state index in [1.54, 1.807) is 17.0 Å². The number of nitrogens with zero attached hydrogens (tertiary/aromatic N) is 4. The van der Waals surface area contributed by atoms with Crippen LogP contribution in [0.2, 0.25) is 5.02 Å². The summed E-state index contributed by atoms with van der Waals surface area (Å²) in [5.74, 6) is -0.217. The molecule has 0 N–H and O–H groups in total. The fourth-order valence-electron chi connectivity index (χ4n) is 4.63. The summed E-state index contributed by atoms with van der Waals surface area (Å²) in [6.07, 6.45) is 0.769. The van der Waals surface area contributed by atoms with Crippen molar-refractivity contribution in [3.63, 3.8) is 0 Å². The van der Waals surface area contributed by atoms with Gasteiger partial charge in [0.2, 0.25) is 10.0 Å². The molecule has 2 aromatic carbocycles. The Morgan fingerprint density at radius 2 is 1.67 bits per heavy atom. The highest BCUT2D eigenvalue weighted by atomic mass is 35.5. The molecule has 0 radical (unpaired) electrons. The first-order valence-electron chi connectivity index (χ1n) is 12.7. The maximum atomic E-state index is 13.8. The smallest absolute Gasteiger partial charge is 0.260 e. The van der Waals surface area contributed by atoms with Gasteiger partial charge in [-0.25, -0.2) is 13.4 Å². The minimum absolute atomic E-state index is 0. The molecule has 0 bridgehead atoms. The topological polar surface area (TPSA) is 92.3 Å². The van der Waals surface area contributed by atoms with Gasteiger partial charge in [-0.05, 0) is 55.3 Å². The van der Waals surface area contributed by atoms with E-state index >= 15 is 0 Å². The summed E-state index contributed by atoms with van der Waals surface area (Å²) in [4.78, 5) is 22.8. The van der Waals surface area contributed by atoms with Gasteiger partial charge in [-0.15, -0.1) is 12.4 Å². The van der Waals surface area contributed by atoms with E-state index < -0.39 is 10.0 Å². The lowest BCUT2D eigenvalue weighted by molar-refractivity contribution is 0.0376. The third-order valence-corrected chi connectivity index (χ3v) is 10.2. The highest BCUT2D eigenvalue weighted by Crippen LogP contribution is 2.34. The van der Waals surface area contributed by atoms with Crippen molar-refractivity contribution in [2.75, 3.05) is 70.6 Å². The minimum Gasteiger partial charge on any atom is -0.379 e. The second-order valence-electron chi connectivity index (χ2n) is 9.32. The second-order valence-corrected chi connectivity index (χ2v) is 12.7. The average Bonchev–Trinajstić information content (AvgIpc) is 3.39. The molecule has 2 aliphatic rings. The number of hydrogen-bond acceptors (Lipinski definition) is 8. The van der Waals surface area contributed by atoms with Crippen molar-refractivity contribution in [3.8, 4) is 0 Å². The van der Waals surface area contributed by atoms with E-state index in [4.69, 9.17) is 26.1 Å². The van der Waals surface area contributed by atoms with Crippen LogP contribution in [-0.2, 0) is 19.5 Å². The molecule has 2 saturated heterocycles. The van der Waals surface area contributed by atoms with Crippen LogP contribution < -0.4 is 4.90 Å². The number of benzene rings is 2. The maximum absolute atomic E-state index is 13.8. The Labute approximate surface area is 244 Å². The van der Waals surface area contributed by atoms with E-state index in [-0.39, 0.29) is 23.2 Å². The molecule has 0 aliphatic carbocycles. The van der Waals surface area contributed by atoms with Gasteiger partial charge in [-0.3, -0.25) is 14.6 Å². The molecule has 5 rings (SSSR count). The molecule has 1 aromatic heterocycles. The van der Waals surface area contributed by atoms with E-state index in [1.165, 1.54) is 27.8 Å². The molecule has 212 valence electrons. The predicted molar refractivity (Wildman–Crippen MR) is 156 cm³/mol. The molecule has 0 spiro atoms. The Morgan fingerprint density at radius 1 is 1.03 bits per heavy atom. The molecule has 3 aromatic rings. The fourth-order valence-corrected chi connectivity index (χ4v) is 7.24. The van der Waals surface area contributed by atoms with Gasteiger partial charge in [0, 0.05) is 49.9 Å². The summed E-state index contributed by atoms with van der Waals surface area (Å²) in [6.45, 7) is 7.85. The van der Waals surface area contributed by atoms with Gasteiger partial charge < -0.3 is 9.47 Å². The number of thiazole rings is 1. The number of morpholine rings is 2. The van der Waals surface area contributed by atoms with E-state index in [9.17, 15) is 13.2 Å². The van der Waals surface area contributed by atoms with Crippen LogP contribution in [0.4, 0.5) is 5.13 Å². The number of aromatic nitrogens is 1. The number of hydrogen-bond donors (Lipinski definition) is 0. The van der Waals surface area contributed by atoms with Gasteiger partial charge in [-0.1, -0.05) is 22.9 Å². The first-order chi connectivity index (χ1) is 18.3. The van der Waals surface area contributed by atoms with Crippen molar-refractivity contribution in [2.45, 2.75) is 18.2 Å². The van der Waals surface area contributed by atoms with E-state index in [0.717, 1.165) is 55.0 Å². The molecule has 3 heterocycles. The molecule has 0 saturated carbocycles. The van der Waals surface area contributed by atoms with Crippen molar-refractivity contribution >= 4 is 66.6 Å². The number of rotatable bonds is 8. The largest absolute Gasteiger partial charge is 0.379 e. The van der Waals surface area contributed by atoms with Crippen molar-refractivity contribution < 1.29 is 22.7 Å². The summed E-state index contributed by atoms with van der Waals surface area (Å²) in [5.41, 5.74) is 2.08. The maximum Gasteiger partial charge on any atom is 0.260 e. The lowest BCUT2D eigenvalue weighted by Gasteiger charge is -2.28. The third kappa shape index (κ3) is 6.74. The number of carbonyl (C=O) groups is 1. The van der Waals surface area contributed by atoms with Crippen LogP contribution in [-0.4, -0.2) is 94.2 Å². The van der Waals surface area contributed by atoms with Gasteiger partial charge in [0.25, 0.3) is 5.91 Å². The molecule has 0 unspecified atom stereocenters. The quantitative estimate of drug-likeness (QED) is 0.378. The SMILES string of the molecule is Cc1c(Cl)ccc2sc(N(CCCN3CCOCC3)C(=O)c3ccc(S(=O)(=O)N4CCOCC4)cc3)nc12.Cl. The second kappa shape index (κ2) is 13.2. The lowest BCUT2D eigenvalue weighted by Crippen LogP contribution is -2.40. The summed E-state index contributed by atoms with van der Waals surface area (Å²) < 4.78 is 39.1. The van der Waals surface area contributed by atoms with Gasteiger partial charge in [0.15, 0.2) is 5.13 Å². The van der Waals surface area contributed by atoms with Crippen molar-refractivity contribution in [3.05, 3.63) is 52.5 Å². The molecular weight excluding hydrogens is 583 g/mol. The van der Waals surface area contributed by atoms with Crippen LogP contribution >= 0.6 is 35.3 Å². The molecule has 39 heavy (non-hydrogen) atoms. The Bertz CT molecular complexity index is 1390. The molecule has 2 aliphatic heterocycles. The number of carbonyl (C=O) groups excluding carboxylic acids is 1. The van der Waals surface area contributed by atoms with Crippen LogP contribution in [0.15, 0.2) is 41.3 Å². The van der Waals surface area contributed by atoms with Crippen molar-refractivity contribution in [2.24, 2.45) is 0 Å². The normalized spacial score (nSPS) is 17.2. The average molecular weight is 616 g/mol. The Hall–Kier alpha value is -1.83. The summed E-state index contributed by atoms with van der Waals surface area (Å²) in [5, 5.41) is 1.24. The molecule has 0 atom stereocenters.